The number of nitrogen functional groups attached to an aromatic ring is 1. The number of nitrogens with two attached hydrogens (primary N) is 1. The molecule has 4 nitrogen and oxygen atoms in total. The molecule has 2 N–H and O–H groups in total. The van der Waals surface area contributed by atoms with Crippen molar-refractivity contribution in [2.24, 2.45) is 0 Å². The van der Waals surface area contributed by atoms with Crippen LogP contribution in [0.15, 0.2) is 18.2 Å². The molecule has 0 radical (unpaired) electrons. The van der Waals surface area contributed by atoms with Crippen molar-refractivity contribution in [1.29, 1.82) is 0 Å². The van der Waals surface area contributed by atoms with Gasteiger partial charge in [-0.15, -0.1) is 0 Å². The molecule has 0 aliphatic heterocycles. The molecule has 4 heteroatoms. The van der Waals surface area contributed by atoms with Crippen molar-refractivity contribution in [1.82, 2.24) is 0 Å². The van der Waals surface area contributed by atoms with Gasteiger partial charge in [0.05, 0.1) is 19.4 Å². The number of hydrogen-bond donors (Lipinski definition) is 1. The van der Waals surface area contributed by atoms with Crippen LogP contribution in [0.2, 0.25) is 0 Å². The fraction of sp³-hybridized carbons (Fsp3) is 0.462. The molecule has 0 aliphatic rings. The van der Waals surface area contributed by atoms with Crippen LogP contribution in [0.25, 0.3) is 0 Å². The Morgan fingerprint density at radius 1 is 1.41 bits per heavy atom. The summed E-state index contributed by atoms with van der Waals surface area (Å²) >= 11 is 0. The number of rotatable bonds is 6. The molecule has 94 valence electrons. The third-order valence-electron chi connectivity index (χ3n) is 2.45. The lowest BCUT2D eigenvalue weighted by Crippen LogP contribution is -2.01. The Kier molecular flexibility index (Phi) is 5.33. The van der Waals surface area contributed by atoms with Crippen molar-refractivity contribution >= 4 is 11.7 Å². The number of aryl methyl sites for hydroxylation is 1. The van der Waals surface area contributed by atoms with E-state index in [1.807, 2.05) is 25.1 Å². The molecule has 1 aromatic carbocycles. The number of ether oxygens (including phenoxy) is 2. The summed E-state index contributed by atoms with van der Waals surface area (Å²) in [4.78, 5) is 11.0. The van der Waals surface area contributed by atoms with Crippen LogP contribution in [0.1, 0.15) is 25.3 Å². The van der Waals surface area contributed by atoms with Crippen LogP contribution in [0.5, 0.6) is 5.75 Å². The highest BCUT2D eigenvalue weighted by atomic mass is 16.5. The molecule has 0 aromatic heterocycles. The molecule has 17 heavy (non-hydrogen) atoms. The number of esters is 1. The Hall–Kier alpha value is -1.71. The number of carbonyl (C=O) groups excluding carboxylic acids is 1. The zero-order valence-corrected chi connectivity index (χ0v) is 10.4. The lowest BCUT2D eigenvalue weighted by atomic mass is 10.1. The van der Waals surface area contributed by atoms with E-state index in [9.17, 15) is 4.79 Å². The Morgan fingerprint density at radius 2 is 2.18 bits per heavy atom. The largest absolute Gasteiger partial charge is 0.492 e. The van der Waals surface area contributed by atoms with Gasteiger partial charge in [-0.25, -0.2) is 0 Å². The number of carbonyl (C=O) groups is 1. The van der Waals surface area contributed by atoms with Crippen molar-refractivity contribution in [3.8, 4) is 5.75 Å². The standard InChI is InChI=1S/C13H19NO3/c1-3-17-12-9-10(7-8-11(12)14)5-4-6-13(15)16-2/h7-9H,3-6,14H2,1-2H3. The lowest BCUT2D eigenvalue weighted by molar-refractivity contribution is -0.140. The fourth-order valence-electron chi connectivity index (χ4n) is 1.55. The summed E-state index contributed by atoms with van der Waals surface area (Å²) in [6.07, 6.45) is 2.02. The van der Waals surface area contributed by atoms with Crippen LogP contribution in [0, 0.1) is 0 Å². The van der Waals surface area contributed by atoms with Gasteiger partial charge in [0.25, 0.3) is 0 Å². The summed E-state index contributed by atoms with van der Waals surface area (Å²) in [6.45, 7) is 2.51. The summed E-state index contributed by atoms with van der Waals surface area (Å²) < 4.78 is 10.00. The normalized spacial score (nSPS) is 10.0. The van der Waals surface area contributed by atoms with Crippen LogP contribution in [-0.2, 0) is 16.0 Å². The van der Waals surface area contributed by atoms with Crippen molar-refractivity contribution in [2.75, 3.05) is 19.5 Å². The van der Waals surface area contributed by atoms with E-state index >= 15 is 0 Å². The molecule has 0 spiro atoms. The molecule has 0 aliphatic carbocycles. The maximum Gasteiger partial charge on any atom is 0.305 e. The summed E-state index contributed by atoms with van der Waals surface area (Å²) in [6, 6.07) is 5.71. The second-order valence-corrected chi connectivity index (χ2v) is 3.73. The average Bonchev–Trinajstić information content (AvgIpc) is 2.33. The topological polar surface area (TPSA) is 61.5 Å². The summed E-state index contributed by atoms with van der Waals surface area (Å²) in [5, 5.41) is 0. The first kappa shape index (κ1) is 13.4. The number of benzene rings is 1. The SMILES string of the molecule is CCOc1cc(CCCC(=O)OC)ccc1N. The van der Waals surface area contributed by atoms with Crippen molar-refractivity contribution < 1.29 is 14.3 Å². The van der Waals surface area contributed by atoms with E-state index in [1.54, 1.807) is 0 Å². The van der Waals surface area contributed by atoms with Crippen LogP contribution < -0.4 is 10.5 Å². The second kappa shape index (κ2) is 6.78. The zero-order valence-electron chi connectivity index (χ0n) is 10.4. The molecular weight excluding hydrogens is 218 g/mol. The van der Waals surface area contributed by atoms with E-state index < -0.39 is 0 Å². The fourth-order valence-corrected chi connectivity index (χ4v) is 1.55. The summed E-state index contributed by atoms with van der Waals surface area (Å²) in [5.41, 5.74) is 7.53. The predicted octanol–water partition coefficient (Wildman–Crippen LogP) is 2.16. The first-order valence-electron chi connectivity index (χ1n) is 5.75. The predicted molar refractivity (Wildman–Crippen MR) is 67.0 cm³/mol. The van der Waals surface area contributed by atoms with Crippen LogP contribution in [-0.4, -0.2) is 19.7 Å². The second-order valence-electron chi connectivity index (χ2n) is 3.73. The molecular formula is C13H19NO3. The van der Waals surface area contributed by atoms with E-state index in [0.29, 0.717) is 24.5 Å². The Labute approximate surface area is 102 Å². The van der Waals surface area contributed by atoms with Gasteiger partial charge < -0.3 is 15.2 Å². The minimum Gasteiger partial charge on any atom is -0.492 e. The van der Waals surface area contributed by atoms with Gasteiger partial charge >= 0.3 is 5.97 Å². The van der Waals surface area contributed by atoms with E-state index in [1.165, 1.54) is 7.11 Å². The van der Waals surface area contributed by atoms with Crippen LogP contribution in [0.3, 0.4) is 0 Å². The van der Waals surface area contributed by atoms with Crippen molar-refractivity contribution in [3.05, 3.63) is 23.8 Å². The molecule has 0 unspecified atom stereocenters. The molecule has 0 amide bonds. The minimum atomic E-state index is -0.175. The Balaban J connectivity index is 2.53. The number of anilines is 1. The van der Waals surface area contributed by atoms with Gasteiger partial charge in [-0.3, -0.25) is 4.79 Å². The van der Waals surface area contributed by atoms with Gasteiger partial charge in [0.15, 0.2) is 0 Å². The first-order valence-corrected chi connectivity index (χ1v) is 5.75. The highest BCUT2D eigenvalue weighted by Crippen LogP contribution is 2.23. The number of hydrogen-bond acceptors (Lipinski definition) is 4. The molecule has 0 heterocycles. The highest BCUT2D eigenvalue weighted by molar-refractivity contribution is 5.69. The molecule has 0 fully saturated rings. The quantitative estimate of drug-likeness (QED) is 0.608. The molecule has 0 bridgehead atoms. The molecule has 1 aromatic rings. The average molecular weight is 237 g/mol. The third-order valence-corrected chi connectivity index (χ3v) is 2.45. The van der Waals surface area contributed by atoms with Gasteiger partial charge in [0.1, 0.15) is 5.75 Å². The summed E-state index contributed by atoms with van der Waals surface area (Å²) in [7, 11) is 1.40. The van der Waals surface area contributed by atoms with Gasteiger partial charge in [-0.05, 0) is 37.5 Å². The van der Waals surface area contributed by atoms with Gasteiger partial charge in [0, 0.05) is 6.42 Å². The van der Waals surface area contributed by atoms with Crippen molar-refractivity contribution in [2.45, 2.75) is 26.2 Å². The lowest BCUT2D eigenvalue weighted by Gasteiger charge is -2.09. The monoisotopic (exact) mass is 237 g/mol. The highest BCUT2D eigenvalue weighted by Gasteiger charge is 2.04. The van der Waals surface area contributed by atoms with Crippen LogP contribution >= 0.6 is 0 Å². The van der Waals surface area contributed by atoms with E-state index in [-0.39, 0.29) is 5.97 Å². The van der Waals surface area contributed by atoms with Crippen molar-refractivity contribution in [3.63, 3.8) is 0 Å². The maximum absolute atomic E-state index is 11.0. The molecule has 0 saturated carbocycles. The Morgan fingerprint density at radius 3 is 2.82 bits per heavy atom. The first-order chi connectivity index (χ1) is 8.17. The Bertz CT molecular complexity index is 377. The van der Waals surface area contributed by atoms with E-state index in [2.05, 4.69) is 4.74 Å². The third kappa shape index (κ3) is 4.34. The van der Waals surface area contributed by atoms with E-state index in [4.69, 9.17) is 10.5 Å². The van der Waals surface area contributed by atoms with Gasteiger partial charge in [-0.2, -0.15) is 0 Å². The molecule has 0 saturated heterocycles. The minimum absolute atomic E-state index is 0.175. The maximum atomic E-state index is 11.0. The number of methoxy groups -OCH3 is 1. The van der Waals surface area contributed by atoms with E-state index in [0.717, 1.165) is 18.4 Å². The van der Waals surface area contributed by atoms with Gasteiger partial charge in [0.2, 0.25) is 0 Å². The summed E-state index contributed by atoms with van der Waals surface area (Å²) in [5.74, 6) is 0.536. The smallest absolute Gasteiger partial charge is 0.305 e. The zero-order chi connectivity index (χ0) is 12.7. The van der Waals surface area contributed by atoms with Gasteiger partial charge in [-0.1, -0.05) is 6.07 Å². The molecule has 0 atom stereocenters. The van der Waals surface area contributed by atoms with Crippen LogP contribution in [0.4, 0.5) is 5.69 Å². The molecule has 1 rings (SSSR count).